The molecule has 0 aliphatic rings. The lowest BCUT2D eigenvalue weighted by Gasteiger charge is -2.11. The number of carbonyl (C=O) groups is 1. The Kier molecular flexibility index (Phi) is 3.39. The number of aryl methyl sites for hydroxylation is 1. The van der Waals surface area contributed by atoms with Crippen LogP contribution in [-0.2, 0) is 0 Å². The second-order valence-electron chi connectivity index (χ2n) is 5.06. The van der Waals surface area contributed by atoms with Crippen LogP contribution in [0.25, 0.3) is 10.8 Å². The number of fused-ring (bicyclic) bond motifs is 1. The number of rotatable bonds is 3. The lowest BCUT2D eigenvalue weighted by Crippen LogP contribution is -1.99. The molecule has 0 atom stereocenters. The Labute approximate surface area is 127 Å². The first kappa shape index (κ1) is 13.9. The standard InChI is InChI=1S/C17H15N3O2/c1-10-9-14-13(3-2-4-15(14)18)16(19-10)20-12-7-5-11(6-8-12)17(21)22/h2-9H,18H2,1H3,(H,19,20)(H,21,22). The molecule has 0 saturated carbocycles. The number of nitrogens with one attached hydrogen (secondary N) is 1. The molecule has 110 valence electrons. The predicted molar refractivity (Wildman–Crippen MR) is 87.6 cm³/mol. The average molecular weight is 293 g/mol. The largest absolute Gasteiger partial charge is 0.478 e. The third-order valence-corrected chi connectivity index (χ3v) is 3.43. The summed E-state index contributed by atoms with van der Waals surface area (Å²) in [6.45, 7) is 1.91. The highest BCUT2D eigenvalue weighted by Crippen LogP contribution is 2.29. The molecule has 1 heterocycles. The lowest BCUT2D eigenvalue weighted by atomic mass is 10.1. The van der Waals surface area contributed by atoms with Crippen molar-refractivity contribution in [1.29, 1.82) is 0 Å². The van der Waals surface area contributed by atoms with Gasteiger partial charge in [-0.3, -0.25) is 0 Å². The van der Waals surface area contributed by atoms with Gasteiger partial charge < -0.3 is 16.2 Å². The van der Waals surface area contributed by atoms with Gasteiger partial charge in [-0.05, 0) is 43.3 Å². The highest BCUT2D eigenvalue weighted by atomic mass is 16.4. The molecule has 0 aliphatic heterocycles. The number of hydrogen-bond donors (Lipinski definition) is 3. The van der Waals surface area contributed by atoms with E-state index in [1.54, 1.807) is 24.3 Å². The van der Waals surface area contributed by atoms with E-state index in [0.717, 1.165) is 22.2 Å². The van der Waals surface area contributed by atoms with E-state index in [4.69, 9.17) is 10.8 Å². The topological polar surface area (TPSA) is 88.2 Å². The summed E-state index contributed by atoms with van der Waals surface area (Å²) in [5.74, 6) is -0.246. The Morgan fingerprint density at radius 3 is 2.55 bits per heavy atom. The second-order valence-corrected chi connectivity index (χ2v) is 5.06. The minimum atomic E-state index is -0.946. The maximum absolute atomic E-state index is 10.9. The van der Waals surface area contributed by atoms with Gasteiger partial charge >= 0.3 is 5.97 Å². The molecule has 3 aromatic rings. The summed E-state index contributed by atoms with van der Waals surface area (Å²) >= 11 is 0. The number of carboxylic acids is 1. The summed E-state index contributed by atoms with van der Waals surface area (Å²) in [4.78, 5) is 15.4. The van der Waals surface area contributed by atoms with Crippen LogP contribution >= 0.6 is 0 Å². The quantitative estimate of drug-likeness (QED) is 0.642. The molecular weight excluding hydrogens is 278 g/mol. The third kappa shape index (κ3) is 2.56. The Morgan fingerprint density at radius 1 is 1.14 bits per heavy atom. The number of aromatic carboxylic acids is 1. The van der Waals surface area contributed by atoms with Crippen molar-refractivity contribution in [3.8, 4) is 0 Å². The highest BCUT2D eigenvalue weighted by molar-refractivity contribution is 6.00. The van der Waals surface area contributed by atoms with Gasteiger partial charge in [0.05, 0.1) is 5.56 Å². The van der Waals surface area contributed by atoms with E-state index in [1.807, 2.05) is 31.2 Å². The molecule has 4 N–H and O–H groups in total. The van der Waals surface area contributed by atoms with Crippen LogP contribution in [0.3, 0.4) is 0 Å². The Hall–Kier alpha value is -3.08. The van der Waals surface area contributed by atoms with Crippen LogP contribution in [0.1, 0.15) is 16.1 Å². The molecular formula is C17H15N3O2. The number of nitrogens with zero attached hydrogens (tertiary/aromatic N) is 1. The summed E-state index contributed by atoms with van der Waals surface area (Å²) in [6, 6.07) is 14.2. The van der Waals surface area contributed by atoms with Crippen LogP contribution in [0.2, 0.25) is 0 Å². The van der Waals surface area contributed by atoms with Gasteiger partial charge in [0.1, 0.15) is 5.82 Å². The molecule has 0 saturated heterocycles. The van der Waals surface area contributed by atoms with Crippen molar-refractivity contribution in [2.45, 2.75) is 6.92 Å². The van der Waals surface area contributed by atoms with Crippen LogP contribution in [0.4, 0.5) is 17.2 Å². The van der Waals surface area contributed by atoms with Crippen molar-refractivity contribution in [3.63, 3.8) is 0 Å². The summed E-state index contributed by atoms with van der Waals surface area (Å²) in [7, 11) is 0. The number of pyridine rings is 1. The molecule has 22 heavy (non-hydrogen) atoms. The number of nitrogens with two attached hydrogens (primary N) is 1. The third-order valence-electron chi connectivity index (χ3n) is 3.43. The van der Waals surface area contributed by atoms with Gasteiger partial charge in [0.2, 0.25) is 0 Å². The van der Waals surface area contributed by atoms with Crippen molar-refractivity contribution in [2.24, 2.45) is 0 Å². The predicted octanol–water partition coefficient (Wildman–Crippen LogP) is 3.57. The molecule has 0 fully saturated rings. The van der Waals surface area contributed by atoms with Gasteiger partial charge in [0.25, 0.3) is 0 Å². The van der Waals surface area contributed by atoms with Crippen LogP contribution in [0.5, 0.6) is 0 Å². The second kappa shape index (κ2) is 5.37. The average Bonchev–Trinajstić information content (AvgIpc) is 2.49. The van der Waals surface area contributed by atoms with E-state index in [9.17, 15) is 4.79 Å². The number of aromatic nitrogens is 1. The van der Waals surface area contributed by atoms with Crippen molar-refractivity contribution in [1.82, 2.24) is 4.98 Å². The maximum atomic E-state index is 10.9. The molecule has 5 nitrogen and oxygen atoms in total. The fourth-order valence-corrected chi connectivity index (χ4v) is 2.36. The van der Waals surface area contributed by atoms with Gasteiger partial charge in [-0.2, -0.15) is 0 Å². The molecule has 0 unspecified atom stereocenters. The normalized spacial score (nSPS) is 10.6. The monoisotopic (exact) mass is 293 g/mol. The zero-order valence-electron chi connectivity index (χ0n) is 12.0. The minimum absolute atomic E-state index is 0.247. The molecule has 0 amide bonds. The van der Waals surface area contributed by atoms with E-state index in [1.165, 1.54) is 0 Å². The van der Waals surface area contributed by atoms with Crippen molar-refractivity contribution in [3.05, 3.63) is 59.8 Å². The Balaban J connectivity index is 2.03. The fourth-order valence-electron chi connectivity index (χ4n) is 2.36. The maximum Gasteiger partial charge on any atom is 0.335 e. The van der Waals surface area contributed by atoms with E-state index in [2.05, 4.69) is 10.3 Å². The van der Waals surface area contributed by atoms with E-state index < -0.39 is 5.97 Å². The first-order valence-corrected chi connectivity index (χ1v) is 6.81. The number of hydrogen-bond acceptors (Lipinski definition) is 4. The van der Waals surface area contributed by atoms with Gasteiger partial charge in [-0.15, -0.1) is 0 Å². The molecule has 3 rings (SSSR count). The number of benzene rings is 2. The van der Waals surface area contributed by atoms with E-state index in [0.29, 0.717) is 11.5 Å². The zero-order valence-corrected chi connectivity index (χ0v) is 12.0. The number of nitrogen functional groups attached to an aromatic ring is 1. The molecule has 0 spiro atoms. The van der Waals surface area contributed by atoms with Crippen molar-refractivity contribution < 1.29 is 9.90 Å². The molecule has 1 aromatic heterocycles. The van der Waals surface area contributed by atoms with E-state index in [-0.39, 0.29) is 5.56 Å². The van der Waals surface area contributed by atoms with Gasteiger partial charge in [-0.25, -0.2) is 9.78 Å². The van der Waals surface area contributed by atoms with Crippen LogP contribution < -0.4 is 11.1 Å². The van der Waals surface area contributed by atoms with Crippen molar-refractivity contribution >= 4 is 33.9 Å². The number of carboxylic acid groups (broad SMARTS) is 1. The van der Waals surface area contributed by atoms with Crippen LogP contribution in [0.15, 0.2) is 48.5 Å². The zero-order chi connectivity index (χ0) is 15.7. The summed E-state index contributed by atoms with van der Waals surface area (Å²) in [6.07, 6.45) is 0. The first-order valence-electron chi connectivity index (χ1n) is 6.81. The van der Waals surface area contributed by atoms with E-state index >= 15 is 0 Å². The summed E-state index contributed by atoms with van der Waals surface area (Å²) < 4.78 is 0. The van der Waals surface area contributed by atoms with Crippen molar-refractivity contribution in [2.75, 3.05) is 11.1 Å². The lowest BCUT2D eigenvalue weighted by molar-refractivity contribution is 0.0697. The minimum Gasteiger partial charge on any atom is -0.478 e. The number of anilines is 3. The molecule has 5 heteroatoms. The fraction of sp³-hybridized carbons (Fsp3) is 0.0588. The summed E-state index contributed by atoms with van der Waals surface area (Å²) in [5, 5.41) is 14.0. The van der Waals surface area contributed by atoms with Crippen LogP contribution in [0, 0.1) is 6.92 Å². The van der Waals surface area contributed by atoms with Gasteiger partial charge in [0.15, 0.2) is 0 Å². The first-order chi connectivity index (χ1) is 10.5. The Morgan fingerprint density at radius 2 is 1.86 bits per heavy atom. The van der Waals surface area contributed by atoms with Gasteiger partial charge in [0, 0.05) is 27.8 Å². The van der Waals surface area contributed by atoms with Gasteiger partial charge in [-0.1, -0.05) is 12.1 Å². The molecule has 0 radical (unpaired) electrons. The smallest absolute Gasteiger partial charge is 0.335 e. The molecule has 0 aliphatic carbocycles. The molecule has 0 bridgehead atoms. The highest BCUT2D eigenvalue weighted by Gasteiger charge is 2.08. The van der Waals surface area contributed by atoms with Crippen LogP contribution in [-0.4, -0.2) is 16.1 Å². The Bertz CT molecular complexity index is 858. The summed E-state index contributed by atoms with van der Waals surface area (Å²) in [5.41, 5.74) is 8.59. The molecule has 2 aromatic carbocycles. The SMILES string of the molecule is Cc1cc2c(N)cccc2c(Nc2ccc(C(=O)O)cc2)n1.